The van der Waals surface area contributed by atoms with Gasteiger partial charge >= 0.3 is 5.69 Å². The summed E-state index contributed by atoms with van der Waals surface area (Å²) in [6, 6.07) is 3.16. The Hall–Kier alpha value is -2.20. The molecule has 1 saturated carbocycles. The number of nitrogens with one attached hydrogen (secondary N) is 1. The normalized spacial score (nSPS) is 22.1. The van der Waals surface area contributed by atoms with Crippen LogP contribution in [0, 0.1) is 21.4 Å². The number of nitriles is 1. The third-order valence-corrected chi connectivity index (χ3v) is 3.80. The van der Waals surface area contributed by atoms with E-state index in [0.29, 0.717) is 0 Å². The molecule has 0 bridgehead atoms. The van der Waals surface area contributed by atoms with Crippen LogP contribution in [0.4, 0.5) is 11.5 Å². The van der Waals surface area contributed by atoms with Crippen molar-refractivity contribution in [2.75, 3.05) is 12.4 Å². The summed E-state index contributed by atoms with van der Waals surface area (Å²) in [4.78, 5) is 14.7. The second-order valence-corrected chi connectivity index (χ2v) is 5.09. The molecular formula is C14H18N4O3. The molecule has 1 aromatic rings. The zero-order valence-corrected chi connectivity index (χ0v) is 11.9. The van der Waals surface area contributed by atoms with Crippen molar-refractivity contribution < 1.29 is 9.66 Å². The summed E-state index contributed by atoms with van der Waals surface area (Å²) in [6.07, 6.45) is 6.46. The van der Waals surface area contributed by atoms with Gasteiger partial charge in [-0.05, 0) is 18.9 Å². The van der Waals surface area contributed by atoms with Crippen LogP contribution < -0.4 is 5.32 Å². The van der Waals surface area contributed by atoms with Gasteiger partial charge in [0.05, 0.1) is 17.1 Å². The minimum absolute atomic E-state index is 0.000328. The molecule has 112 valence electrons. The van der Waals surface area contributed by atoms with E-state index in [0.717, 1.165) is 32.1 Å². The second-order valence-electron chi connectivity index (χ2n) is 5.09. The van der Waals surface area contributed by atoms with E-state index in [1.54, 1.807) is 7.11 Å². The molecule has 1 aliphatic rings. The van der Waals surface area contributed by atoms with Gasteiger partial charge in [0.2, 0.25) is 5.82 Å². The van der Waals surface area contributed by atoms with Gasteiger partial charge in [-0.25, -0.2) is 4.98 Å². The molecular weight excluding hydrogens is 272 g/mol. The first-order chi connectivity index (χ1) is 10.2. The average Bonchev–Trinajstić information content (AvgIpc) is 2.71. The maximum Gasteiger partial charge on any atom is 0.328 e. The van der Waals surface area contributed by atoms with Gasteiger partial charge in [0.15, 0.2) is 0 Å². The van der Waals surface area contributed by atoms with Crippen LogP contribution in [-0.4, -0.2) is 29.2 Å². The highest BCUT2D eigenvalue weighted by Gasteiger charge is 2.28. The van der Waals surface area contributed by atoms with Crippen LogP contribution in [0.5, 0.6) is 0 Å². The fraction of sp³-hybridized carbons (Fsp3) is 0.571. The van der Waals surface area contributed by atoms with Gasteiger partial charge in [0.25, 0.3) is 0 Å². The highest BCUT2D eigenvalue weighted by atomic mass is 16.6. The first kappa shape index (κ1) is 15.2. The lowest BCUT2D eigenvalue weighted by atomic mass is 10.1. The van der Waals surface area contributed by atoms with Crippen molar-refractivity contribution in [3.8, 4) is 6.07 Å². The Balaban J connectivity index is 2.29. The van der Waals surface area contributed by atoms with Crippen LogP contribution in [0.1, 0.15) is 37.7 Å². The van der Waals surface area contributed by atoms with E-state index in [2.05, 4.69) is 10.3 Å². The molecule has 0 saturated heterocycles. The molecule has 2 atom stereocenters. The van der Waals surface area contributed by atoms with E-state index in [4.69, 9.17) is 10.00 Å². The van der Waals surface area contributed by atoms with E-state index >= 15 is 0 Å². The Morgan fingerprint density at radius 1 is 1.48 bits per heavy atom. The summed E-state index contributed by atoms with van der Waals surface area (Å²) >= 11 is 0. The molecule has 1 aromatic heterocycles. The van der Waals surface area contributed by atoms with E-state index in [9.17, 15) is 10.1 Å². The van der Waals surface area contributed by atoms with Crippen LogP contribution in [-0.2, 0) is 4.74 Å². The molecule has 0 amide bonds. The first-order valence-electron chi connectivity index (χ1n) is 7.00. The highest BCUT2D eigenvalue weighted by molar-refractivity contribution is 5.64. The number of rotatable bonds is 4. The van der Waals surface area contributed by atoms with Crippen LogP contribution in [0.3, 0.4) is 0 Å². The van der Waals surface area contributed by atoms with E-state index in [1.165, 1.54) is 12.3 Å². The summed E-state index contributed by atoms with van der Waals surface area (Å²) in [5, 5.41) is 23.3. The van der Waals surface area contributed by atoms with Gasteiger partial charge < -0.3 is 10.1 Å². The van der Waals surface area contributed by atoms with Crippen molar-refractivity contribution in [2.45, 2.75) is 44.2 Å². The van der Waals surface area contributed by atoms with Gasteiger partial charge in [-0.2, -0.15) is 5.26 Å². The van der Waals surface area contributed by atoms with Crippen LogP contribution in [0.15, 0.2) is 12.3 Å². The molecule has 21 heavy (non-hydrogen) atoms. The molecule has 0 radical (unpaired) electrons. The Morgan fingerprint density at radius 3 is 2.90 bits per heavy atom. The standard InChI is InChI=1S/C14H18N4O3/c1-21-12-6-4-2-3-5-11(12)17-14-13(18(19)20)10(9-15)7-8-16-14/h7-8,11-12H,2-6H2,1H3,(H,16,17)/t11-,12-/m1/s1. The molecule has 0 aliphatic heterocycles. The summed E-state index contributed by atoms with van der Waals surface area (Å²) in [6.45, 7) is 0. The van der Waals surface area contributed by atoms with Gasteiger partial charge in [0.1, 0.15) is 11.6 Å². The quantitative estimate of drug-likeness (QED) is 0.519. The number of hydrogen-bond donors (Lipinski definition) is 1. The number of ether oxygens (including phenoxy) is 1. The Bertz CT molecular complexity index is 556. The lowest BCUT2D eigenvalue weighted by Gasteiger charge is -2.25. The maximum atomic E-state index is 11.2. The number of pyridine rings is 1. The van der Waals surface area contributed by atoms with E-state index in [1.807, 2.05) is 6.07 Å². The number of anilines is 1. The first-order valence-corrected chi connectivity index (χ1v) is 7.00. The summed E-state index contributed by atoms with van der Waals surface area (Å²) in [5.41, 5.74) is -0.251. The maximum absolute atomic E-state index is 11.2. The second kappa shape index (κ2) is 6.99. The van der Waals surface area contributed by atoms with Gasteiger partial charge in [0, 0.05) is 13.3 Å². The molecule has 0 aromatic carbocycles. The number of nitrogens with zero attached hydrogens (tertiary/aromatic N) is 3. The minimum atomic E-state index is -0.563. The number of nitro groups is 1. The largest absolute Gasteiger partial charge is 0.379 e. The summed E-state index contributed by atoms with van der Waals surface area (Å²) in [5.74, 6) is 0.146. The molecule has 1 heterocycles. The molecule has 1 N–H and O–H groups in total. The van der Waals surface area contributed by atoms with E-state index in [-0.39, 0.29) is 29.2 Å². The monoisotopic (exact) mass is 290 g/mol. The fourth-order valence-electron chi connectivity index (χ4n) is 2.73. The van der Waals surface area contributed by atoms with Crippen molar-refractivity contribution in [3.63, 3.8) is 0 Å². The molecule has 1 aliphatic carbocycles. The third kappa shape index (κ3) is 3.47. The minimum Gasteiger partial charge on any atom is -0.379 e. The predicted octanol–water partition coefficient (Wildman–Crippen LogP) is 2.62. The van der Waals surface area contributed by atoms with Crippen LogP contribution in [0.2, 0.25) is 0 Å². The summed E-state index contributed by atoms with van der Waals surface area (Å²) < 4.78 is 5.49. The Kier molecular flexibility index (Phi) is 5.06. The number of aromatic nitrogens is 1. The smallest absolute Gasteiger partial charge is 0.328 e. The van der Waals surface area contributed by atoms with Crippen LogP contribution >= 0.6 is 0 Å². The lowest BCUT2D eigenvalue weighted by Crippen LogP contribution is -2.34. The Morgan fingerprint density at radius 2 is 2.24 bits per heavy atom. The Labute approximate surface area is 123 Å². The molecule has 2 rings (SSSR count). The molecule has 0 spiro atoms. The average molecular weight is 290 g/mol. The zero-order chi connectivity index (χ0) is 15.2. The molecule has 0 unspecified atom stereocenters. The predicted molar refractivity (Wildman–Crippen MR) is 76.9 cm³/mol. The van der Waals surface area contributed by atoms with Crippen molar-refractivity contribution in [3.05, 3.63) is 27.9 Å². The summed E-state index contributed by atoms with van der Waals surface area (Å²) in [7, 11) is 1.65. The highest BCUT2D eigenvalue weighted by Crippen LogP contribution is 2.29. The van der Waals surface area contributed by atoms with Gasteiger partial charge in [-0.1, -0.05) is 19.3 Å². The molecule has 7 nitrogen and oxygen atoms in total. The van der Waals surface area contributed by atoms with Gasteiger partial charge in [-0.3, -0.25) is 10.1 Å². The zero-order valence-electron chi connectivity index (χ0n) is 11.9. The van der Waals surface area contributed by atoms with Crippen molar-refractivity contribution in [1.29, 1.82) is 5.26 Å². The van der Waals surface area contributed by atoms with Crippen molar-refractivity contribution in [1.82, 2.24) is 4.98 Å². The number of hydrogen-bond acceptors (Lipinski definition) is 6. The molecule has 7 heteroatoms. The van der Waals surface area contributed by atoms with Crippen molar-refractivity contribution in [2.24, 2.45) is 0 Å². The van der Waals surface area contributed by atoms with Crippen LogP contribution in [0.25, 0.3) is 0 Å². The fourth-order valence-corrected chi connectivity index (χ4v) is 2.73. The molecule has 1 fully saturated rings. The topological polar surface area (TPSA) is 101 Å². The lowest BCUT2D eigenvalue weighted by molar-refractivity contribution is -0.384. The SMILES string of the molecule is CO[C@@H]1CCCCC[C@H]1Nc1nccc(C#N)c1[N+](=O)[O-]. The number of methoxy groups -OCH3 is 1. The third-order valence-electron chi connectivity index (χ3n) is 3.80. The van der Waals surface area contributed by atoms with Gasteiger partial charge in [-0.15, -0.1) is 0 Å². The van der Waals surface area contributed by atoms with Crippen molar-refractivity contribution >= 4 is 11.5 Å². The van der Waals surface area contributed by atoms with E-state index < -0.39 is 4.92 Å².